The Balaban J connectivity index is 2.60. The fourth-order valence-corrected chi connectivity index (χ4v) is 2.26. The molecular weight excluding hydrogens is 383 g/mol. The number of halogens is 2. The van der Waals surface area contributed by atoms with E-state index in [1.165, 1.54) is 0 Å². The first-order valence-corrected chi connectivity index (χ1v) is 7.88. The van der Waals surface area contributed by atoms with Gasteiger partial charge in [-0.1, -0.05) is 48.0 Å². The van der Waals surface area contributed by atoms with Gasteiger partial charge in [-0.15, -0.1) is 0 Å². The lowest BCUT2D eigenvalue weighted by Crippen LogP contribution is -2.18. The summed E-state index contributed by atoms with van der Waals surface area (Å²) in [6.45, 7) is 0. The SMILES string of the molecule is O=[N+]([O-])C(Cl)=C(Cl)C(=C(Nc1ccccc1)Nc1ccccc1)[N+](=O)[O-]. The molecule has 26 heavy (non-hydrogen) atoms. The molecule has 2 aromatic carbocycles. The van der Waals surface area contributed by atoms with Crippen molar-refractivity contribution in [2.75, 3.05) is 10.6 Å². The van der Waals surface area contributed by atoms with Crippen LogP contribution in [0.3, 0.4) is 0 Å². The van der Waals surface area contributed by atoms with Crippen LogP contribution in [0.1, 0.15) is 0 Å². The molecule has 2 N–H and O–H groups in total. The molecule has 10 heteroatoms. The Morgan fingerprint density at radius 1 is 0.769 bits per heavy atom. The minimum absolute atomic E-state index is 0.169. The van der Waals surface area contributed by atoms with Gasteiger partial charge in [0.15, 0.2) is 5.82 Å². The van der Waals surface area contributed by atoms with Crippen LogP contribution in [0.2, 0.25) is 0 Å². The van der Waals surface area contributed by atoms with Crippen molar-refractivity contribution in [1.29, 1.82) is 0 Å². The van der Waals surface area contributed by atoms with Crippen LogP contribution in [-0.2, 0) is 0 Å². The second-order valence-electron chi connectivity index (χ2n) is 4.82. The molecule has 0 bridgehead atoms. The molecule has 0 spiro atoms. The number of hydrogen-bond acceptors (Lipinski definition) is 6. The monoisotopic (exact) mass is 394 g/mol. The molecule has 0 saturated heterocycles. The Kier molecular flexibility index (Phi) is 6.54. The Labute approximate surface area is 158 Å². The summed E-state index contributed by atoms with van der Waals surface area (Å²) in [6, 6.07) is 17.1. The fourth-order valence-electron chi connectivity index (χ4n) is 1.94. The Hall–Kier alpha value is -3.10. The molecular formula is C16H12Cl2N4O4. The zero-order chi connectivity index (χ0) is 19.1. The molecule has 0 heterocycles. The lowest BCUT2D eigenvalue weighted by molar-refractivity contribution is -0.429. The van der Waals surface area contributed by atoms with Crippen molar-refractivity contribution >= 4 is 34.6 Å². The summed E-state index contributed by atoms with van der Waals surface area (Å²) in [5.74, 6) is -0.169. The van der Waals surface area contributed by atoms with E-state index >= 15 is 0 Å². The van der Waals surface area contributed by atoms with Gasteiger partial charge in [0.1, 0.15) is 0 Å². The first-order valence-electron chi connectivity index (χ1n) is 7.13. The normalized spacial score (nSPS) is 11.2. The average Bonchev–Trinajstić information content (AvgIpc) is 2.62. The van der Waals surface area contributed by atoms with E-state index in [0.717, 1.165) is 0 Å². The third-order valence-electron chi connectivity index (χ3n) is 3.05. The highest BCUT2D eigenvalue weighted by atomic mass is 35.5. The summed E-state index contributed by atoms with van der Waals surface area (Å²) in [7, 11) is 0. The average molecular weight is 395 g/mol. The van der Waals surface area contributed by atoms with Gasteiger partial charge in [0.25, 0.3) is 0 Å². The predicted octanol–water partition coefficient (Wildman–Crippen LogP) is 4.58. The summed E-state index contributed by atoms with van der Waals surface area (Å²) in [5, 5.41) is 26.2. The third kappa shape index (κ3) is 4.95. The molecule has 0 aliphatic heterocycles. The Morgan fingerprint density at radius 3 is 1.54 bits per heavy atom. The quantitative estimate of drug-likeness (QED) is 0.307. The minimum atomic E-state index is -1.06. The Bertz CT molecular complexity index is 827. The Morgan fingerprint density at radius 2 is 1.19 bits per heavy atom. The maximum absolute atomic E-state index is 11.6. The van der Waals surface area contributed by atoms with Crippen LogP contribution in [0.5, 0.6) is 0 Å². The molecule has 0 unspecified atom stereocenters. The van der Waals surface area contributed by atoms with Crippen LogP contribution in [-0.4, -0.2) is 9.85 Å². The van der Waals surface area contributed by atoms with Crippen LogP contribution < -0.4 is 10.6 Å². The van der Waals surface area contributed by atoms with Gasteiger partial charge < -0.3 is 10.6 Å². The van der Waals surface area contributed by atoms with Gasteiger partial charge >= 0.3 is 10.9 Å². The van der Waals surface area contributed by atoms with Gasteiger partial charge in [0.05, 0.1) is 9.85 Å². The number of benzene rings is 2. The van der Waals surface area contributed by atoms with Crippen molar-refractivity contribution in [3.63, 3.8) is 0 Å². The summed E-state index contributed by atoms with van der Waals surface area (Å²) < 4.78 is 0. The van der Waals surface area contributed by atoms with Gasteiger partial charge in [0, 0.05) is 11.4 Å². The van der Waals surface area contributed by atoms with Crippen molar-refractivity contribution in [3.8, 4) is 0 Å². The van der Waals surface area contributed by atoms with Crippen molar-refractivity contribution < 1.29 is 9.85 Å². The highest BCUT2D eigenvalue weighted by Crippen LogP contribution is 2.27. The fraction of sp³-hybridized carbons (Fsp3) is 0. The van der Waals surface area contributed by atoms with Crippen LogP contribution >= 0.6 is 23.2 Å². The number of nitrogens with one attached hydrogen (secondary N) is 2. The van der Waals surface area contributed by atoms with Gasteiger partial charge in [-0.25, -0.2) is 0 Å². The van der Waals surface area contributed by atoms with Crippen molar-refractivity contribution in [1.82, 2.24) is 0 Å². The van der Waals surface area contributed by atoms with E-state index < -0.39 is 25.7 Å². The van der Waals surface area contributed by atoms with Gasteiger partial charge in [-0.2, -0.15) is 0 Å². The molecule has 8 nitrogen and oxygen atoms in total. The summed E-state index contributed by atoms with van der Waals surface area (Å²) in [6.07, 6.45) is 0. The smallest absolute Gasteiger partial charge is 0.336 e. The van der Waals surface area contributed by atoms with E-state index in [1.807, 2.05) is 0 Å². The number of nitrogens with zero attached hydrogens (tertiary/aromatic N) is 2. The van der Waals surface area contributed by atoms with E-state index in [0.29, 0.717) is 11.4 Å². The first-order chi connectivity index (χ1) is 12.4. The third-order valence-corrected chi connectivity index (χ3v) is 3.84. The molecule has 0 aliphatic carbocycles. The van der Waals surface area contributed by atoms with E-state index in [9.17, 15) is 20.2 Å². The van der Waals surface area contributed by atoms with Crippen LogP contribution in [0.15, 0.2) is 82.4 Å². The minimum Gasteiger partial charge on any atom is -0.336 e. The molecule has 0 atom stereocenters. The summed E-state index contributed by atoms with van der Waals surface area (Å²) in [4.78, 5) is 20.6. The molecule has 0 amide bonds. The number of allylic oxidation sites excluding steroid dienone is 1. The highest BCUT2D eigenvalue weighted by molar-refractivity contribution is 6.39. The van der Waals surface area contributed by atoms with E-state index in [1.54, 1.807) is 60.7 Å². The van der Waals surface area contributed by atoms with E-state index in [4.69, 9.17) is 23.2 Å². The largest absolute Gasteiger partial charge is 0.363 e. The van der Waals surface area contributed by atoms with Crippen molar-refractivity contribution in [2.45, 2.75) is 0 Å². The molecule has 134 valence electrons. The van der Waals surface area contributed by atoms with Gasteiger partial charge in [-0.3, -0.25) is 20.2 Å². The maximum Gasteiger partial charge on any atom is 0.363 e. The maximum atomic E-state index is 11.6. The number of anilines is 2. The summed E-state index contributed by atoms with van der Waals surface area (Å²) in [5.41, 5.74) is 0.250. The molecule has 2 rings (SSSR count). The second kappa shape index (κ2) is 8.84. The molecule has 0 aliphatic rings. The number of hydrogen-bond donors (Lipinski definition) is 2. The second-order valence-corrected chi connectivity index (χ2v) is 5.56. The zero-order valence-electron chi connectivity index (χ0n) is 13.1. The molecule has 0 radical (unpaired) electrons. The van der Waals surface area contributed by atoms with Crippen molar-refractivity contribution in [3.05, 3.63) is 103 Å². The van der Waals surface area contributed by atoms with Gasteiger partial charge in [0.2, 0.25) is 5.03 Å². The topological polar surface area (TPSA) is 110 Å². The molecule has 0 aromatic heterocycles. The molecule has 0 saturated carbocycles. The van der Waals surface area contributed by atoms with Crippen molar-refractivity contribution in [2.24, 2.45) is 0 Å². The van der Waals surface area contributed by atoms with Crippen LogP contribution in [0.25, 0.3) is 0 Å². The lowest BCUT2D eigenvalue weighted by Gasteiger charge is -2.14. The number of para-hydroxylation sites is 2. The van der Waals surface area contributed by atoms with E-state index in [2.05, 4.69) is 10.6 Å². The standard InChI is InChI=1S/C16H12Cl2N4O4/c17-13(15(18)22(25)26)14(21(23)24)16(19-11-7-3-1-4-8-11)20-12-9-5-2-6-10-12/h1-10,19-20H. The van der Waals surface area contributed by atoms with Crippen LogP contribution in [0, 0.1) is 20.2 Å². The number of nitro groups is 2. The molecule has 0 fully saturated rings. The lowest BCUT2D eigenvalue weighted by atomic mass is 10.3. The zero-order valence-corrected chi connectivity index (χ0v) is 14.6. The molecule has 2 aromatic rings. The van der Waals surface area contributed by atoms with Crippen LogP contribution in [0.4, 0.5) is 11.4 Å². The first kappa shape index (κ1) is 19.2. The van der Waals surface area contributed by atoms with Gasteiger partial charge in [-0.05, 0) is 35.9 Å². The number of rotatable bonds is 7. The summed E-state index contributed by atoms with van der Waals surface area (Å²) >= 11 is 11.4. The predicted molar refractivity (Wildman–Crippen MR) is 99.9 cm³/mol. The highest BCUT2D eigenvalue weighted by Gasteiger charge is 2.31. The van der Waals surface area contributed by atoms with E-state index in [-0.39, 0.29) is 5.82 Å².